The van der Waals surface area contributed by atoms with Gasteiger partial charge in [-0.1, -0.05) is 54.9 Å². The van der Waals surface area contributed by atoms with Gasteiger partial charge < -0.3 is 14.7 Å². The normalized spacial score (nSPS) is 12.8. The maximum atomic E-state index is 13.5. The van der Waals surface area contributed by atoms with E-state index in [0.717, 1.165) is 22.9 Å². The molecule has 5 aromatic rings. The third-order valence-electron chi connectivity index (χ3n) is 5.47. The molecule has 1 atom stereocenters. The second kappa shape index (κ2) is 8.04. The van der Waals surface area contributed by atoms with Gasteiger partial charge in [0.05, 0.1) is 28.4 Å². The molecule has 1 unspecified atom stereocenters. The van der Waals surface area contributed by atoms with Crippen LogP contribution in [0.2, 0.25) is 0 Å². The van der Waals surface area contributed by atoms with Crippen LogP contribution in [0.5, 0.6) is 5.75 Å². The highest BCUT2D eigenvalue weighted by atomic mass is 32.2. The van der Waals surface area contributed by atoms with E-state index in [1.54, 1.807) is 18.2 Å². The Morgan fingerprint density at radius 2 is 1.67 bits per heavy atom. The lowest BCUT2D eigenvalue weighted by atomic mass is 9.92. The number of nitrogens with zero attached hydrogens (tertiary/aromatic N) is 2. The molecule has 4 aromatic carbocycles. The fourth-order valence-corrected chi connectivity index (χ4v) is 5.10. The van der Waals surface area contributed by atoms with E-state index in [0.29, 0.717) is 32.5 Å². The lowest BCUT2D eigenvalue weighted by Gasteiger charge is -2.19. The summed E-state index contributed by atoms with van der Waals surface area (Å²) in [5, 5.41) is 2.79. The molecule has 33 heavy (non-hydrogen) atoms. The molecule has 5 rings (SSSR count). The summed E-state index contributed by atoms with van der Waals surface area (Å²) in [5.74, 6) is 0.459. The summed E-state index contributed by atoms with van der Waals surface area (Å²) in [7, 11) is -0.216. The Hall–Kier alpha value is -3.65. The molecule has 1 heterocycles. The zero-order valence-electron chi connectivity index (χ0n) is 17.3. The Balaban J connectivity index is 1.89. The Labute approximate surface area is 189 Å². The predicted molar refractivity (Wildman–Crippen MR) is 121 cm³/mol. The average Bonchev–Trinajstić information content (AvgIpc) is 3.36. The molecule has 0 aliphatic heterocycles. The SMILES string of the molecule is COc1ccc2cc(C(F)(F)F)ccc2c1-c1c(S(=O)c2ncc[n-]2)ccc2ccccc12. The minimum Gasteiger partial charge on any atom is -0.496 e. The van der Waals surface area contributed by atoms with Gasteiger partial charge in [-0.05, 0) is 45.8 Å². The van der Waals surface area contributed by atoms with Crippen molar-refractivity contribution in [2.45, 2.75) is 16.2 Å². The summed E-state index contributed by atoms with van der Waals surface area (Å²) in [6, 6.07) is 18.0. The Bertz CT molecular complexity index is 1510. The standard InChI is InChI=1S/C25H16F3N2O2S/c1-32-20-10-6-16-14-17(25(26,27)28)8-9-19(16)22(20)23-18-5-3-2-4-15(18)7-11-21(23)33(31)24-29-12-13-30-24/h2-14H,1H3/q-1. The van der Waals surface area contributed by atoms with Crippen LogP contribution in [0.1, 0.15) is 5.56 Å². The van der Waals surface area contributed by atoms with E-state index in [-0.39, 0.29) is 5.16 Å². The molecule has 0 fully saturated rings. The van der Waals surface area contributed by atoms with Crippen molar-refractivity contribution < 1.29 is 22.1 Å². The number of hydrogen-bond acceptors (Lipinski definition) is 3. The topological polar surface area (TPSA) is 53.3 Å². The van der Waals surface area contributed by atoms with Crippen LogP contribution in [-0.4, -0.2) is 16.3 Å². The van der Waals surface area contributed by atoms with Crippen molar-refractivity contribution in [3.05, 3.63) is 84.7 Å². The van der Waals surface area contributed by atoms with Gasteiger partial charge in [-0.15, -0.1) is 0 Å². The van der Waals surface area contributed by atoms with Gasteiger partial charge in [0.1, 0.15) is 5.75 Å². The van der Waals surface area contributed by atoms with Gasteiger partial charge >= 0.3 is 6.18 Å². The number of rotatable bonds is 4. The zero-order valence-corrected chi connectivity index (χ0v) is 18.1. The van der Waals surface area contributed by atoms with Gasteiger partial charge in [0, 0.05) is 16.3 Å². The quantitative estimate of drug-likeness (QED) is 0.317. The van der Waals surface area contributed by atoms with E-state index >= 15 is 0 Å². The van der Waals surface area contributed by atoms with Gasteiger partial charge in [-0.25, -0.2) is 4.21 Å². The number of fused-ring (bicyclic) bond motifs is 2. The molecule has 8 heteroatoms. The molecule has 0 saturated heterocycles. The molecule has 0 aliphatic rings. The highest BCUT2D eigenvalue weighted by molar-refractivity contribution is 7.85. The number of benzene rings is 4. The number of imidazole rings is 1. The molecule has 166 valence electrons. The Morgan fingerprint density at radius 3 is 2.39 bits per heavy atom. The Kier molecular flexibility index (Phi) is 5.17. The van der Waals surface area contributed by atoms with Crippen LogP contribution in [0.3, 0.4) is 0 Å². The molecular weight excluding hydrogens is 449 g/mol. The van der Waals surface area contributed by atoms with Crippen LogP contribution in [-0.2, 0) is 17.0 Å². The first-order valence-electron chi connectivity index (χ1n) is 9.94. The van der Waals surface area contributed by atoms with Gasteiger partial charge in [-0.3, -0.25) is 0 Å². The van der Waals surface area contributed by atoms with Crippen LogP contribution in [0, 0.1) is 0 Å². The smallest absolute Gasteiger partial charge is 0.416 e. The van der Waals surface area contributed by atoms with Crippen LogP contribution in [0.15, 0.2) is 89.2 Å². The van der Waals surface area contributed by atoms with Gasteiger partial charge in [-0.2, -0.15) is 13.2 Å². The van der Waals surface area contributed by atoms with Crippen LogP contribution in [0.25, 0.3) is 32.7 Å². The lowest BCUT2D eigenvalue weighted by Crippen LogP contribution is -2.05. The second-order valence-electron chi connectivity index (χ2n) is 7.34. The van der Waals surface area contributed by atoms with E-state index in [1.807, 2.05) is 30.3 Å². The van der Waals surface area contributed by atoms with Crippen LogP contribution in [0.4, 0.5) is 13.2 Å². The zero-order chi connectivity index (χ0) is 23.2. The van der Waals surface area contributed by atoms with E-state index in [4.69, 9.17) is 4.74 Å². The molecule has 0 aliphatic carbocycles. The number of hydrogen-bond donors (Lipinski definition) is 0. The van der Waals surface area contributed by atoms with Crippen molar-refractivity contribution in [1.82, 2.24) is 9.97 Å². The van der Waals surface area contributed by atoms with Crippen molar-refractivity contribution >= 4 is 32.3 Å². The summed E-state index contributed by atoms with van der Waals surface area (Å²) in [6.07, 6.45) is -1.54. The second-order valence-corrected chi connectivity index (χ2v) is 8.69. The summed E-state index contributed by atoms with van der Waals surface area (Å²) in [4.78, 5) is 8.62. The fourth-order valence-electron chi connectivity index (χ4n) is 4.00. The lowest BCUT2D eigenvalue weighted by molar-refractivity contribution is -0.137. The van der Waals surface area contributed by atoms with Crippen molar-refractivity contribution in [2.24, 2.45) is 0 Å². The third-order valence-corrected chi connectivity index (χ3v) is 6.75. The largest absolute Gasteiger partial charge is 0.496 e. The number of alkyl halides is 3. The maximum Gasteiger partial charge on any atom is 0.416 e. The molecule has 0 radical (unpaired) electrons. The molecule has 0 N–H and O–H groups in total. The van der Waals surface area contributed by atoms with Gasteiger partial charge in [0.25, 0.3) is 0 Å². The van der Waals surface area contributed by atoms with Crippen molar-refractivity contribution in [2.75, 3.05) is 7.11 Å². The first-order chi connectivity index (χ1) is 15.9. The van der Waals surface area contributed by atoms with Gasteiger partial charge in [0.15, 0.2) is 0 Å². The third kappa shape index (κ3) is 3.66. The molecule has 4 nitrogen and oxygen atoms in total. The maximum absolute atomic E-state index is 13.5. The van der Waals surface area contributed by atoms with E-state index in [9.17, 15) is 17.4 Å². The minimum absolute atomic E-state index is 0.157. The average molecular weight is 465 g/mol. The monoisotopic (exact) mass is 465 g/mol. The first kappa shape index (κ1) is 21.2. The van der Waals surface area contributed by atoms with Crippen molar-refractivity contribution in [3.8, 4) is 16.9 Å². The first-order valence-corrected chi connectivity index (χ1v) is 11.1. The molecule has 1 aromatic heterocycles. The summed E-state index contributed by atoms with van der Waals surface area (Å²) in [6.45, 7) is 0. The Morgan fingerprint density at radius 1 is 0.909 bits per heavy atom. The molecular formula is C25H16F3N2O2S-. The highest BCUT2D eigenvalue weighted by Gasteiger charge is 2.31. The van der Waals surface area contributed by atoms with E-state index in [1.165, 1.54) is 25.6 Å². The molecule has 0 amide bonds. The van der Waals surface area contributed by atoms with Gasteiger partial charge in [0.2, 0.25) is 0 Å². The number of methoxy groups -OCH3 is 1. The number of halogens is 3. The van der Waals surface area contributed by atoms with Crippen LogP contribution < -0.4 is 9.72 Å². The van der Waals surface area contributed by atoms with Crippen molar-refractivity contribution in [3.63, 3.8) is 0 Å². The number of ether oxygens (including phenoxy) is 1. The van der Waals surface area contributed by atoms with Crippen molar-refractivity contribution in [1.29, 1.82) is 0 Å². The minimum atomic E-state index is -4.46. The fraction of sp³-hybridized carbons (Fsp3) is 0.0800. The predicted octanol–water partition coefficient (Wildman–Crippen LogP) is 6.21. The molecule has 0 saturated carbocycles. The summed E-state index contributed by atoms with van der Waals surface area (Å²) in [5.41, 5.74) is 0.437. The number of aromatic nitrogens is 2. The van der Waals surface area contributed by atoms with Crippen LogP contribution >= 0.6 is 0 Å². The van der Waals surface area contributed by atoms with E-state index < -0.39 is 22.5 Å². The summed E-state index contributed by atoms with van der Waals surface area (Å²) < 4.78 is 59.1. The highest BCUT2D eigenvalue weighted by Crippen LogP contribution is 2.45. The van der Waals surface area contributed by atoms with E-state index in [2.05, 4.69) is 9.97 Å². The molecule has 0 spiro atoms. The molecule has 0 bridgehead atoms. The summed E-state index contributed by atoms with van der Waals surface area (Å²) >= 11 is 0.